The summed E-state index contributed by atoms with van der Waals surface area (Å²) < 4.78 is 30.7. The van der Waals surface area contributed by atoms with Crippen molar-refractivity contribution >= 4 is 38.1 Å². The van der Waals surface area contributed by atoms with Gasteiger partial charge in [-0.3, -0.25) is 14.4 Å². The Labute approximate surface area is 185 Å². The number of amides is 1. The van der Waals surface area contributed by atoms with Crippen molar-refractivity contribution in [2.24, 2.45) is 0 Å². The van der Waals surface area contributed by atoms with Crippen LogP contribution in [0.25, 0.3) is 11.3 Å². The lowest BCUT2D eigenvalue weighted by atomic mass is 10.1. The Morgan fingerprint density at radius 1 is 1.23 bits per heavy atom. The van der Waals surface area contributed by atoms with Crippen LogP contribution in [-0.2, 0) is 16.4 Å². The molecule has 31 heavy (non-hydrogen) atoms. The van der Waals surface area contributed by atoms with E-state index in [1.54, 1.807) is 18.2 Å². The predicted octanol–water partition coefficient (Wildman–Crippen LogP) is 4.17. The zero-order chi connectivity index (χ0) is 22.0. The summed E-state index contributed by atoms with van der Waals surface area (Å²) in [6.45, 7) is 3.14. The number of thiazole rings is 1. The van der Waals surface area contributed by atoms with Crippen molar-refractivity contribution in [2.45, 2.75) is 19.8 Å². The first-order chi connectivity index (χ1) is 14.8. The minimum Gasteiger partial charge on any atom is -0.494 e. The van der Waals surface area contributed by atoms with Crippen LogP contribution in [0.5, 0.6) is 5.75 Å². The van der Waals surface area contributed by atoms with Gasteiger partial charge in [-0.25, -0.2) is 13.4 Å². The molecule has 0 radical (unpaired) electrons. The van der Waals surface area contributed by atoms with E-state index in [2.05, 4.69) is 17.2 Å². The lowest BCUT2D eigenvalue weighted by molar-refractivity contribution is 0.102. The molecular weight excluding hydrogens is 434 g/mol. The highest BCUT2D eigenvalue weighted by Gasteiger charge is 2.26. The molecule has 9 heteroatoms. The smallest absolute Gasteiger partial charge is 0.257 e. The molecule has 1 amide bonds. The minimum atomic E-state index is -3.31. The second kappa shape index (κ2) is 8.68. The van der Waals surface area contributed by atoms with Gasteiger partial charge in [0.15, 0.2) is 5.13 Å². The maximum Gasteiger partial charge on any atom is 0.257 e. The molecule has 1 aromatic heterocycles. The summed E-state index contributed by atoms with van der Waals surface area (Å²) in [7, 11) is -3.31. The molecule has 7 nitrogen and oxygen atoms in total. The monoisotopic (exact) mass is 457 g/mol. The molecule has 0 fully saturated rings. The highest BCUT2D eigenvalue weighted by Crippen LogP contribution is 2.31. The number of nitrogens with zero attached hydrogens (tertiary/aromatic N) is 2. The molecule has 0 saturated carbocycles. The van der Waals surface area contributed by atoms with E-state index in [0.717, 1.165) is 29.0 Å². The number of rotatable bonds is 7. The Bertz CT molecular complexity index is 1200. The molecular formula is C22H23N3O4S2. The lowest BCUT2D eigenvalue weighted by Crippen LogP contribution is -2.27. The normalized spacial score (nSPS) is 13.2. The van der Waals surface area contributed by atoms with E-state index >= 15 is 0 Å². The molecule has 0 saturated heterocycles. The van der Waals surface area contributed by atoms with Crippen LogP contribution in [0.3, 0.4) is 0 Å². The summed E-state index contributed by atoms with van der Waals surface area (Å²) in [5.74, 6) is 0.547. The number of hydrogen-bond donors (Lipinski definition) is 1. The van der Waals surface area contributed by atoms with Crippen molar-refractivity contribution in [1.29, 1.82) is 0 Å². The predicted molar refractivity (Wildman–Crippen MR) is 124 cm³/mol. The standard InChI is InChI=1S/C22H23N3O4S2/c1-3-12-29-18-7-4-15(5-8-18)19-14-30-22(23-19)24-21(26)17-6-9-20-16(13-17)10-11-25(20)31(2,27)28/h4-9,13-14H,3,10-12H2,1-2H3,(H,23,24,26). The topological polar surface area (TPSA) is 88.6 Å². The van der Waals surface area contributed by atoms with Gasteiger partial charge in [-0.2, -0.15) is 0 Å². The largest absolute Gasteiger partial charge is 0.494 e. The fourth-order valence-corrected chi connectivity index (χ4v) is 5.11. The molecule has 1 aliphatic rings. The summed E-state index contributed by atoms with van der Waals surface area (Å²) in [6.07, 6.45) is 2.73. The van der Waals surface area contributed by atoms with Crippen molar-refractivity contribution in [3.63, 3.8) is 0 Å². The first-order valence-electron chi connectivity index (χ1n) is 9.96. The molecule has 4 rings (SSSR count). The molecule has 162 valence electrons. The lowest BCUT2D eigenvalue weighted by Gasteiger charge is -2.16. The average Bonchev–Trinajstić information content (AvgIpc) is 3.39. The zero-order valence-corrected chi connectivity index (χ0v) is 18.9. The quantitative estimate of drug-likeness (QED) is 0.575. The number of carbonyl (C=O) groups is 1. The second-order valence-electron chi connectivity index (χ2n) is 7.29. The first kappa shape index (κ1) is 21.3. The molecule has 2 aromatic carbocycles. The fourth-order valence-electron chi connectivity index (χ4n) is 3.43. The van der Waals surface area contributed by atoms with Gasteiger partial charge in [0.1, 0.15) is 5.75 Å². The van der Waals surface area contributed by atoms with Gasteiger partial charge in [0.05, 0.1) is 24.2 Å². The second-order valence-corrected chi connectivity index (χ2v) is 10.1. The number of sulfonamides is 1. The third-order valence-electron chi connectivity index (χ3n) is 4.94. The summed E-state index contributed by atoms with van der Waals surface area (Å²) >= 11 is 1.35. The van der Waals surface area contributed by atoms with Gasteiger partial charge >= 0.3 is 0 Å². The Kier molecular flexibility index (Phi) is 5.97. The third kappa shape index (κ3) is 4.72. The maximum atomic E-state index is 12.7. The number of fused-ring (bicyclic) bond motifs is 1. The molecule has 0 bridgehead atoms. The van der Waals surface area contributed by atoms with Gasteiger partial charge in [-0.1, -0.05) is 6.92 Å². The summed E-state index contributed by atoms with van der Waals surface area (Å²) in [4.78, 5) is 17.2. The maximum absolute atomic E-state index is 12.7. The summed E-state index contributed by atoms with van der Waals surface area (Å²) in [5.41, 5.74) is 3.69. The fraction of sp³-hybridized carbons (Fsp3) is 0.273. The van der Waals surface area contributed by atoms with Gasteiger partial charge in [-0.15, -0.1) is 11.3 Å². The van der Waals surface area contributed by atoms with Crippen molar-refractivity contribution < 1.29 is 17.9 Å². The average molecular weight is 458 g/mol. The van der Waals surface area contributed by atoms with Crippen LogP contribution in [-0.4, -0.2) is 38.7 Å². The van der Waals surface area contributed by atoms with E-state index in [0.29, 0.717) is 36.0 Å². The molecule has 1 N–H and O–H groups in total. The number of hydrogen-bond acceptors (Lipinski definition) is 6. The van der Waals surface area contributed by atoms with Gasteiger partial charge < -0.3 is 4.74 Å². The number of benzene rings is 2. The molecule has 0 aliphatic carbocycles. The third-order valence-corrected chi connectivity index (χ3v) is 6.88. The Balaban J connectivity index is 1.45. The van der Waals surface area contributed by atoms with E-state index in [1.165, 1.54) is 21.9 Å². The van der Waals surface area contributed by atoms with Crippen LogP contribution in [0.1, 0.15) is 29.3 Å². The Morgan fingerprint density at radius 2 is 2.00 bits per heavy atom. The van der Waals surface area contributed by atoms with Crippen LogP contribution >= 0.6 is 11.3 Å². The van der Waals surface area contributed by atoms with E-state index in [-0.39, 0.29) is 5.91 Å². The number of ether oxygens (including phenoxy) is 1. The van der Waals surface area contributed by atoms with Crippen LogP contribution in [0.15, 0.2) is 47.8 Å². The molecule has 3 aromatic rings. The number of carbonyl (C=O) groups excluding carboxylic acids is 1. The molecule has 0 spiro atoms. The Hall–Kier alpha value is -2.91. The van der Waals surface area contributed by atoms with Crippen LogP contribution in [0, 0.1) is 0 Å². The molecule has 2 heterocycles. The van der Waals surface area contributed by atoms with Crippen molar-refractivity contribution in [3.05, 3.63) is 59.0 Å². The van der Waals surface area contributed by atoms with E-state index in [4.69, 9.17) is 4.74 Å². The van der Waals surface area contributed by atoms with Crippen LogP contribution in [0.4, 0.5) is 10.8 Å². The van der Waals surface area contributed by atoms with Gasteiger partial charge in [0, 0.05) is 23.1 Å². The minimum absolute atomic E-state index is 0.273. The van der Waals surface area contributed by atoms with Crippen LogP contribution in [0.2, 0.25) is 0 Å². The molecule has 1 aliphatic heterocycles. The van der Waals surface area contributed by atoms with Gasteiger partial charge in [-0.05, 0) is 60.9 Å². The molecule has 0 atom stereocenters. The number of anilines is 2. The molecule has 0 unspecified atom stereocenters. The SMILES string of the molecule is CCCOc1ccc(-c2csc(NC(=O)c3ccc4c(c3)CCN4S(C)(=O)=O)n2)cc1. The first-order valence-corrected chi connectivity index (χ1v) is 12.7. The van der Waals surface area contributed by atoms with Crippen molar-refractivity contribution in [3.8, 4) is 17.0 Å². The highest BCUT2D eigenvalue weighted by atomic mass is 32.2. The van der Waals surface area contributed by atoms with Crippen LogP contribution < -0.4 is 14.4 Å². The number of nitrogens with one attached hydrogen (secondary N) is 1. The van der Waals surface area contributed by atoms with Gasteiger partial charge in [0.25, 0.3) is 5.91 Å². The van der Waals surface area contributed by atoms with Crippen molar-refractivity contribution in [1.82, 2.24) is 4.98 Å². The number of aromatic nitrogens is 1. The van der Waals surface area contributed by atoms with Gasteiger partial charge in [0.2, 0.25) is 10.0 Å². The van der Waals surface area contributed by atoms with E-state index < -0.39 is 10.0 Å². The summed E-state index contributed by atoms with van der Waals surface area (Å²) in [5, 5.41) is 5.23. The van der Waals surface area contributed by atoms with Crippen molar-refractivity contribution in [2.75, 3.05) is 29.0 Å². The Morgan fingerprint density at radius 3 is 2.71 bits per heavy atom. The van der Waals surface area contributed by atoms with E-state index in [9.17, 15) is 13.2 Å². The van der Waals surface area contributed by atoms with E-state index in [1.807, 2.05) is 29.6 Å². The highest BCUT2D eigenvalue weighted by molar-refractivity contribution is 7.92. The zero-order valence-electron chi connectivity index (χ0n) is 17.3. The summed E-state index contributed by atoms with van der Waals surface area (Å²) in [6, 6.07) is 12.8.